The van der Waals surface area contributed by atoms with Crippen molar-refractivity contribution in [1.82, 2.24) is 0 Å². The highest BCUT2D eigenvalue weighted by molar-refractivity contribution is 9.10. The van der Waals surface area contributed by atoms with E-state index < -0.39 is 6.10 Å². The second kappa shape index (κ2) is 7.65. The molecule has 1 rings (SSSR count). The fourth-order valence-corrected chi connectivity index (χ4v) is 1.72. The maximum Gasteiger partial charge on any atom is 0.120 e. The Balaban J connectivity index is 2.16. The quantitative estimate of drug-likeness (QED) is 0.784. The number of benzene rings is 1. The van der Waals surface area contributed by atoms with Crippen molar-refractivity contribution in [1.29, 1.82) is 0 Å². The molecule has 1 N–H and O–H groups in total. The van der Waals surface area contributed by atoms with Gasteiger partial charge in [-0.05, 0) is 31.0 Å². The van der Waals surface area contributed by atoms with Crippen LogP contribution in [0.3, 0.4) is 0 Å². The van der Waals surface area contributed by atoms with Crippen LogP contribution in [0, 0.1) is 0 Å². The fourth-order valence-electron chi connectivity index (χ4n) is 1.34. The molecule has 0 aromatic heterocycles. The number of aliphatic hydroxyl groups excluding tert-OH is 1. The Labute approximate surface area is 105 Å². The van der Waals surface area contributed by atoms with Gasteiger partial charge in [0.1, 0.15) is 5.75 Å². The molecule has 16 heavy (non-hydrogen) atoms. The van der Waals surface area contributed by atoms with Crippen LogP contribution in [0.15, 0.2) is 28.7 Å². The van der Waals surface area contributed by atoms with Gasteiger partial charge in [0.05, 0.1) is 19.3 Å². The number of ether oxygens (including phenoxy) is 2. The molecule has 1 unspecified atom stereocenters. The molecule has 0 amide bonds. The van der Waals surface area contributed by atoms with Gasteiger partial charge in [-0.2, -0.15) is 0 Å². The maximum atomic E-state index is 9.40. The van der Waals surface area contributed by atoms with Gasteiger partial charge in [-0.1, -0.05) is 22.0 Å². The van der Waals surface area contributed by atoms with Crippen LogP contribution in [0.25, 0.3) is 0 Å². The van der Waals surface area contributed by atoms with Crippen LogP contribution < -0.4 is 4.74 Å². The minimum atomic E-state index is -0.392. The number of aliphatic hydroxyl groups is 1. The van der Waals surface area contributed by atoms with Gasteiger partial charge in [0.15, 0.2) is 0 Å². The predicted octanol–water partition coefficient (Wildman–Crippen LogP) is 2.62. The summed E-state index contributed by atoms with van der Waals surface area (Å²) in [6.07, 6.45) is 1.12. The average molecular weight is 289 g/mol. The zero-order valence-corrected chi connectivity index (χ0v) is 10.9. The molecule has 4 heteroatoms. The van der Waals surface area contributed by atoms with Crippen molar-refractivity contribution in [3.8, 4) is 5.75 Å². The normalized spacial score (nSPS) is 12.4. The lowest BCUT2D eigenvalue weighted by Gasteiger charge is -2.10. The smallest absolute Gasteiger partial charge is 0.120 e. The first-order valence-corrected chi connectivity index (χ1v) is 6.07. The summed E-state index contributed by atoms with van der Waals surface area (Å²) in [5, 5.41) is 9.40. The second-order valence-electron chi connectivity index (χ2n) is 3.56. The van der Waals surface area contributed by atoms with Gasteiger partial charge in [-0.3, -0.25) is 0 Å². The standard InChI is InChI=1S/C12H17BrO3/c1-15-9-11(14)5-3-7-16-12-6-2-4-10(13)8-12/h2,4,6,8,11,14H,3,5,7,9H2,1H3. The zero-order chi connectivity index (χ0) is 11.8. The molecule has 0 aliphatic carbocycles. The molecule has 3 nitrogen and oxygen atoms in total. The van der Waals surface area contributed by atoms with E-state index in [-0.39, 0.29) is 0 Å². The van der Waals surface area contributed by atoms with Crippen molar-refractivity contribution >= 4 is 15.9 Å². The Bertz CT molecular complexity index is 304. The van der Waals surface area contributed by atoms with Gasteiger partial charge < -0.3 is 14.6 Å². The van der Waals surface area contributed by atoms with Gasteiger partial charge in [0.25, 0.3) is 0 Å². The van der Waals surface area contributed by atoms with Gasteiger partial charge in [0.2, 0.25) is 0 Å². The minimum Gasteiger partial charge on any atom is -0.494 e. The minimum absolute atomic E-state index is 0.386. The molecule has 0 saturated heterocycles. The first-order valence-electron chi connectivity index (χ1n) is 5.27. The Hall–Kier alpha value is -0.580. The highest BCUT2D eigenvalue weighted by Crippen LogP contribution is 2.17. The summed E-state index contributed by atoms with van der Waals surface area (Å²) in [5.74, 6) is 0.843. The van der Waals surface area contributed by atoms with Crippen LogP contribution in [0.4, 0.5) is 0 Å². The molecule has 0 fully saturated rings. The van der Waals surface area contributed by atoms with E-state index in [0.29, 0.717) is 19.6 Å². The van der Waals surface area contributed by atoms with E-state index in [4.69, 9.17) is 9.47 Å². The van der Waals surface area contributed by atoms with Crippen molar-refractivity contribution in [2.24, 2.45) is 0 Å². The van der Waals surface area contributed by atoms with E-state index in [1.807, 2.05) is 24.3 Å². The molecule has 1 aromatic carbocycles. The summed E-state index contributed by atoms with van der Waals surface area (Å²) in [6.45, 7) is 0.994. The topological polar surface area (TPSA) is 38.7 Å². The average Bonchev–Trinajstić information content (AvgIpc) is 2.25. The molecule has 0 saturated carbocycles. The SMILES string of the molecule is COCC(O)CCCOc1cccc(Br)c1. The highest BCUT2D eigenvalue weighted by atomic mass is 79.9. The Morgan fingerprint density at radius 3 is 2.94 bits per heavy atom. The monoisotopic (exact) mass is 288 g/mol. The lowest BCUT2D eigenvalue weighted by atomic mass is 10.2. The van der Waals surface area contributed by atoms with Crippen molar-refractivity contribution in [2.45, 2.75) is 18.9 Å². The van der Waals surface area contributed by atoms with E-state index in [9.17, 15) is 5.11 Å². The summed E-state index contributed by atoms with van der Waals surface area (Å²) in [6, 6.07) is 7.72. The third kappa shape index (κ3) is 5.49. The van der Waals surface area contributed by atoms with Gasteiger partial charge in [-0.15, -0.1) is 0 Å². The first-order chi connectivity index (χ1) is 7.72. The second-order valence-corrected chi connectivity index (χ2v) is 4.47. The largest absolute Gasteiger partial charge is 0.494 e. The van der Waals surface area contributed by atoms with Gasteiger partial charge in [-0.25, -0.2) is 0 Å². The van der Waals surface area contributed by atoms with Crippen LogP contribution in [0.2, 0.25) is 0 Å². The zero-order valence-electron chi connectivity index (χ0n) is 9.36. The fraction of sp³-hybridized carbons (Fsp3) is 0.500. The molecule has 1 atom stereocenters. The molecule has 1 aromatic rings. The molecule has 0 radical (unpaired) electrons. The van der Waals surface area contributed by atoms with Crippen LogP contribution >= 0.6 is 15.9 Å². The Morgan fingerprint density at radius 2 is 2.25 bits per heavy atom. The Kier molecular flexibility index (Phi) is 6.45. The number of hydrogen-bond donors (Lipinski definition) is 1. The van der Waals surface area contributed by atoms with Crippen molar-refractivity contribution in [3.63, 3.8) is 0 Å². The summed E-state index contributed by atoms with van der Waals surface area (Å²) in [5.41, 5.74) is 0. The van der Waals surface area contributed by atoms with Gasteiger partial charge >= 0.3 is 0 Å². The van der Waals surface area contributed by atoms with E-state index in [2.05, 4.69) is 15.9 Å². The molecule has 90 valence electrons. The summed E-state index contributed by atoms with van der Waals surface area (Å²) in [7, 11) is 1.58. The number of halogens is 1. The van der Waals surface area contributed by atoms with E-state index in [1.165, 1.54) is 0 Å². The van der Waals surface area contributed by atoms with Crippen molar-refractivity contribution in [3.05, 3.63) is 28.7 Å². The predicted molar refractivity (Wildman–Crippen MR) is 66.8 cm³/mol. The lowest BCUT2D eigenvalue weighted by Crippen LogP contribution is -2.14. The molecule has 0 aliphatic rings. The molecular formula is C12H17BrO3. The number of methoxy groups -OCH3 is 1. The molecule has 0 aliphatic heterocycles. The lowest BCUT2D eigenvalue weighted by molar-refractivity contribution is 0.0554. The van der Waals surface area contributed by atoms with Crippen molar-refractivity contribution < 1.29 is 14.6 Å². The third-order valence-electron chi connectivity index (χ3n) is 2.11. The number of rotatable bonds is 7. The van der Waals surface area contributed by atoms with Crippen LogP contribution in [0.1, 0.15) is 12.8 Å². The molecule has 0 spiro atoms. The maximum absolute atomic E-state index is 9.40. The third-order valence-corrected chi connectivity index (χ3v) is 2.60. The summed E-state index contributed by atoms with van der Waals surface area (Å²) in [4.78, 5) is 0. The van der Waals surface area contributed by atoms with E-state index in [0.717, 1.165) is 16.6 Å². The summed E-state index contributed by atoms with van der Waals surface area (Å²) >= 11 is 3.38. The van der Waals surface area contributed by atoms with Gasteiger partial charge in [0, 0.05) is 11.6 Å². The summed E-state index contributed by atoms with van der Waals surface area (Å²) < 4.78 is 11.4. The van der Waals surface area contributed by atoms with E-state index >= 15 is 0 Å². The van der Waals surface area contributed by atoms with Crippen LogP contribution in [0.5, 0.6) is 5.75 Å². The Morgan fingerprint density at radius 1 is 1.44 bits per heavy atom. The van der Waals surface area contributed by atoms with Crippen LogP contribution in [-0.4, -0.2) is 31.5 Å². The van der Waals surface area contributed by atoms with Crippen LogP contribution in [-0.2, 0) is 4.74 Å². The highest BCUT2D eigenvalue weighted by Gasteiger charge is 2.02. The first kappa shape index (κ1) is 13.5. The molecular weight excluding hydrogens is 272 g/mol. The molecule has 0 heterocycles. The molecule has 0 bridgehead atoms. The number of hydrogen-bond acceptors (Lipinski definition) is 3. The van der Waals surface area contributed by atoms with E-state index in [1.54, 1.807) is 7.11 Å². The van der Waals surface area contributed by atoms with Crippen molar-refractivity contribution in [2.75, 3.05) is 20.3 Å².